The highest BCUT2D eigenvalue weighted by molar-refractivity contribution is 6.04. The predicted octanol–water partition coefficient (Wildman–Crippen LogP) is 6.38. The Hall–Kier alpha value is -2.22. The van der Waals surface area contributed by atoms with Gasteiger partial charge in [-0.05, 0) is 79.0 Å². The smallest absolute Gasteiger partial charge is 0.312 e. The maximum absolute atomic E-state index is 15.4. The first-order valence-corrected chi connectivity index (χ1v) is 11.9. The quantitative estimate of drug-likeness (QED) is 0.367. The number of allylic oxidation sites excluding steroid dienone is 4. The summed E-state index contributed by atoms with van der Waals surface area (Å²) in [6, 6.07) is 1.31. The maximum Gasteiger partial charge on any atom is 0.312 e. The molecule has 5 heteroatoms. The molecule has 0 amide bonds. The summed E-state index contributed by atoms with van der Waals surface area (Å²) in [5.74, 6) is -13.1. The number of carbonyl (C=O) groups excluding carboxylic acids is 3. The fourth-order valence-corrected chi connectivity index (χ4v) is 7.50. The van der Waals surface area contributed by atoms with Crippen LogP contribution in [0.25, 0.3) is 0 Å². The molecule has 5 aliphatic carbocycles. The third kappa shape index (κ3) is 3.11. The molecule has 5 rings (SSSR count). The van der Waals surface area contributed by atoms with Gasteiger partial charge in [-0.2, -0.15) is 5.26 Å². The summed E-state index contributed by atoms with van der Waals surface area (Å²) >= 11 is 0. The number of fused-ring (bicyclic) bond motifs is 7. The van der Waals surface area contributed by atoms with Crippen LogP contribution in [0.1, 0.15) is 127 Å². The number of nitrogens with zero attached hydrogens (tertiary/aromatic N) is 1. The van der Waals surface area contributed by atoms with Gasteiger partial charge >= 0.3 is 5.97 Å². The van der Waals surface area contributed by atoms with E-state index in [0.29, 0.717) is 13.2 Å². The van der Waals surface area contributed by atoms with E-state index in [-0.39, 0.29) is 6.08 Å². The Bertz CT molecular complexity index is 2030. The number of Topliss-reactive ketones (excluding diaryl/α,β-unsaturated/α-hetero) is 1. The van der Waals surface area contributed by atoms with Crippen molar-refractivity contribution in [2.45, 2.75) is 92.8 Å². The van der Waals surface area contributed by atoms with Crippen molar-refractivity contribution in [1.82, 2.24) is 0 Å². The van der Waals surface area contributed by atoms with Gasteiger partial charge in [0.05, 0.1) is 18.1 Å². The van der Waals surface area contributed by atoms with Crippen molar-refractivity contribution in [3.8, 4) is 6.07 Å². The SMILES string of the molecule is [2H]C([2H])([2H])C1(C([2H])([2H])[2H])C(=O)C(C#N)=C[C@]2(C([2H])([2H])[2H])C3=CC(=O)[C@@H]4[C@@H]5CC(C([2H])([2H])[2H])(C([2H])([2H])[2H])C([2H])([2H])C([2H])([2H])[C@]5(C(=O)OC)CC[C@@]4(C([2H])([2H])[2H])[C@]3(C([2H])([2H])[2H])CC[C@@H]12. The van der Waals surface area contributed by atoms with Gasteiger partial charge in [-0.3, -0.25) is 14.4 Å². The number of esters is 1. The predicted molar refractivity (Wildman–Crippen MR) is 141 cm³/mol. The van der Waals surface area contributed by atoms with Gasteiger partial charge < -0.3 is 4.74 Å². The van der Waals surface area contributed by atoms with Crippen molar-refractivity contribution < 1.29 is 53.4 Å². The summed E-state index contributed by atoms with van der Waals surface area (Å²) in [4.78, 5) is 43.8. The zero-order valence-electron chi connectivity index (χ0n) is 45.0. The highest BCUT2D eigenvalue weighted by Gasteiger charge is 2.71. The van der Waals surface area contributed by atoms with Gasteiger partial charge in [0.15, 0.2) is 11.6 Å². The maximum atomic E-state index is 15.4. The molecule has 0 aliphatic heterocycles. The number of rotatable bonds is 1. The van der Waals surface area contributed by atoms with Crippen LogP contribution in [0, 0.1) is 61.6 Å². The van der Waals surface area contributed by atoms with Crippen LogP contribution in [-0.4, -0.2) is 24.6 Å². The summed E-state index contributed by atoms with van der Waals surface area (Å²) in [6.07, 6.45) is -14.3. The van der Waals surface area contributed by atoms with E-state index in [1.807, 2.05) is 0 Å². The van der Waals surface area contributed by atoms with Gasteiger partial charge in [0.25, 0.3) is 0 Å². The molecule has 0 saturated heterocycles. The lowest BCUT2D eigenvalue weighted by atomic mass is 9.34. The summed E-state index contributed by atoms with van der Waals surface area (Å²) in [7, 11) is 0.693. The van der Waals surface area contributed by atoms with Crippen LogP contribution in [0.2, 0.25) is 0 Å². The molecule has 3 fully saturated rings. The molecule has 200 valence electrons. The zero-order valence-corrected chi connectivity index (χ0v) is 20.0. The molecule has 0 unspecified atom stereocenters. The van der Waals surface area contributed by atoms with Crippen LogP contribution in [-0.2, 0) is 19.1 Å². The first-order valence-electron chi connectivity index (χ1n) is 24.4. The Morgan fingerprint density at radius 2 is 1.92 bits per heavy atom. The van der Waals surface area contributed by atoms with E-state index >= 15 is 4.79 Å². The van der Waals surface area contributed by atoms with E-state index in [9.17, 15) is 25.8 Å². The molecule has 0 aromatic rings. The van der Waals surface area contributed by atoms with Crippen LogP contribution >= 0.6 is 0 Å². The van der Waals surface area contributed by atoms with Crippen LogP contribution in [0.4, 0.5) is 0 Å². The van der Waals surface area contributed by atoms with Crippen LogP contribution in [0.5, 0.6) is 0 Å². The van der Waals surface area contributed by atoms with Crippen LogP contribution in [0.3, 0.4) is 0 Å². The average molecular weight is 531 g/mol. The van der Waals surface area contributed by atoms with E-state index in [1.165, 1.54) is 6.07 Å². The van der Waals surface area contributed by atoms with Crippen LogP contribution in [0.15, 0.2) is 23.3 Å². The van der Waals surface area contributed by atoms with E-state index < -0.39 is 172 Å². The molecule has 7 atom stereocenters. The third-order valence-corrected chi connectivity index (χ3v) is 9.29. The molecule has 5 aliphatic rings. The molecular formula is C32H43NO4. The number of carbonyl (C=O) groups is 3. The lowest BCUT2D eigenvalue weighted by Gasteiger charge is -2.68. The molecule has 0 N–H and O–H groups in total. The summed E-state index contributed by atoms with van der Waals surface area (Å²) in [5, 5.41) is 10.3. The minimum absolute atomic E-state index is 0.267. The Balaban J connectivity index is 2.12. The van der Waals surface area contributed by atoms with Crippen molar-refractivity contribution >= 4 is 17.5 Å². The van der Waals surface area contributed by atoms with Crippen molar-refractivity contribution in [2.24, 2.45) is 50.2 Å². The first-order chi connectivity index (χ1) is 27.3. The standard InChI is InChI=1S/C32H43NO4/c1-27(2)11-13-32(26(36)37-8)14-12-31(7)24(20(32)17-27)21(34)15-23-29(5)16-19(18-33)25(35)28(3,4)22(29)9-10-30(23,31)6/h15-16,20,22,24H,9-14,17H2,1-8H3/t20-,22-,24-,29-,30+,31+,32-/m0/s1/i1D3,2D3,3D3,4D3,5D3,6D3,7D3,11D2,13D2. The first kappa shape index (κ1) is 9.76. The minimum Gasteiger partial charge on any atom is -0.469 e. The molecule has 0 heterocycles. The van der Waals surface area contributed by atoms with Gasteiger partial charge in [0.1, 0.15) is 6.07 Å². The monoisotopic (exact) mass is 530 g/mol. The Morgan fingerprint density at radius 3 is 2.54 bits per heavy atom. The second kappa shape index (κ2) is 7.67. The summed E-state index contributed by atoms with van der Waals surface area (Å²) < 4.78 is 225. The molecule has 3 saturated carbocycles. The number of hydrogen-bond acceptors (Lipinski definition) is 5. The zero-order chi connectivity index (χ0) is 48.5. The lowest BCUT2D eigenvalue weighted by molar-refractivity contribution is -0.191. The number of methoxy groups -OCH3 is 1. The number of hydrogen-bond donors (Lipinski definition) is 0. The molecule has 0 bridgehead atoms. The van der Waals surface area contributed by atoms with Gasteiger partial charge in [-0.25, -0.2) is 0 Å². The summed E-state index contributed by atoms with van der Waals surface area (Å²) in [6.45, 7) is -27.9. The molecule has 0 aromatic heterocycles. The Morgan fingerprint density at radius 1 is 1.11 bits per heavy atom. The fraction of sp³-hybridized carbons (Fsp3) is 0.750. The highest BCUT2D eigenvalue weighted by Crippen LogP contribution is 2.74. The number of ether oxygens (including phenoxy) is 1. The van der Waals surface area contributed by atoms with E-state index in [1.54, 1.807) is 0 Å². The number of ketones is 2. The van der Waals surface area contributed by atoms with Crippen molar-refractivity contribution in [2.75, 3.05) is 7.11 Å². The van der Waals surface area contributed by atoms with Crippen molar-refractivity contribution in [3.05, 3.63) is 23.3 Å². The molecule has 37 heavy (non-hydrogen) atoms. The van der Waals surface area contributed by atoms with Crippen LogP contribution < -0.4 is 0 Å². The Kier molecular flexibility index (Phi) is 2.02. The van der Waals surface area contributed by atoms with Crippen molar-refractivity contribution in [1.29, 1.82) is 5.26 Å². The number of nitriles is 1. The fourth-order valence-electron chi connectivity index (χ4n) is 7.50. The second-order valence-corrected chi connectivity index (χ2v) is 11.0. The third-order valence-electron chi connectivity index (χ3n) is 9.29. The second-order valence-electron chi connectivity index (χ2n) is 11.0. The lowest BCUT2D eigenvalue weighted by Crippen LogP contribution is -2.65. The molecule has 0 spiro atoms. The van der Waals surface area contributed by atoms with E-state index in [2.05, 4.69) is 0 Å². The van der Waals surface area contributed by atoms with Gasteiger partial charge in [0, 0.05) is 51.0 Å². The van der Waals surface area contributed by atoms with Crippen molar-refractivity contribution in [3.63, 3.8) is 0 Å². The van der Waals surface area contributed by atoms with Gasteiger partial charge in [0.2, 0.25) is 0 Å². The largest absolute Gasteiger partial charge is 0.469 e. The van der Waals surface area contributed by atoms with Gasteiger partial charge in [-0.15, -0.1) is 0 Å². The summed E-state index contributed by atoms with van der Waals surface area (Å²) in [5.41, 5.74) is -23.7. The molecule has 0 radical (unpaired) electrons. The average Bonchev–Trinajstić information content (AvgIpc) is 3.04. The molecule has 5 nitrogen and oxygen atoms in total. The van der Waals surface area contributed by atoms with E-state index in [0.717, 1.165) is 0 Å². The highest BCUT2D eigenvalue weighted by atomic mass is 16.5. The van der Waals surface area contributed by atoms with E-state index in [4.69, 9.17) is 28.0 Å². The Labute approximate surface area is 257 Å². The normalized spacial score (nSPS) is 60.8. The van der Waals surface area contributed by atoms with Gasteiger partial charge in [-0.1, -0.05) is 59.6 Å². The minimum atomic E-state index is -4.08. The molecular weight excluding hydrogens is 462 g/mol. The topological polar surface area (TPSA) is 84.2 Å². The molecule has 0 aromatic carbocycles.